The Balaban J connectivity index is 1.75. The van der Waals surface area contributed by atoms with Gasteiger partial charge in [-0.2, -0.15) is 0 Å². The number of halogens is 1. The van der Waals surface area contributed by atoms with Crippen LogP contribution in [0.1, 0.15) is 17.3 Å². The predicted molar refractivity (Wildman–Crippen MR) is 115 cm³/mol. The normalized spacial score (nSPS) is 10.4. The molecule has 1 amide bonds. The quantitative estimate of drug-likeness (QED) is 0.377. The Kier molecular flexibility index (Phi) is 6.18. The van der Waals surface area contributed by atoms with Crippen LogP contribution in [0.25, 0.3) is 10.8 Å². The number of hydrazine groups is 1. The van der Waals surface area contributed by atoms with Crippen LogP contribution in [0.4, 0.5) is 5.69 Å². The minimum Gasteiger partial charge on any atom is -0.506 e. The first-order valence-electron chi connectivity index (χ1n) is 8.50. The van der Waals surface area contributed by atoms with Crippen molar-refractivity contribution in [2.45, 2.75) is 6.92 Å². The smallest absolute Gasteiger partial charge is 0.273 e. The van der Waals surface area contributed by atoms with Gasteiger partial charge in [0.05, 0.1) is 12.2 Å². The highest BCUT2D eigenvalue weighted by molar-refractivity contribution is 7.80. The summed E-state index contributed by atoms with van der Waals surface area (Å²) in [6.45, 7) is 2.28. The molecular formula is C20H18ClN3O3S. The number of aromatic hydroxyl groups is 1. The van der Waals surface area contributed by atoms with Crippen LogP contribution < -0.4 is 20.9 Å². The van der Waals surface area contributed by atoms with Gasteiger partial charge in [-0.25, -0.2) is 0 Å². The molecule has 3 aromatic rings. The van der Waals surface area contributed by atoms with Crippen molar-refractivity contribution in [2.24, 2.45) is 0 Å². The zero-order valence-corrected chi connectivity index (χ0v) is 16.5. The Bertz CT molecular complexity index is 1030. The summed E-state index contributed by atoms with van der Waals surface area (Å²) >= 11 is 11.0. The van der Waals surface area contributed by atoms with E-state index in [1.165, 1.54) is 6.07 Å². The van der Waals surface area contributed by atoms with Crippen LogP contribution in [-0.2, 0) is 0 Å². The molecule has 0 radical (unpaired) electrons. The minimum atomic E-state index is -0.551. The molecule has 28 heavy (non-hydrogen) atoms. The number of phenolic OH excluding ortho intramolecular Hbond substituents is 1. The topological polar surface area (TPSA) is 82.6 Å². The van der Waals surface area contributed by atoms with Crippen molar-refractivity contribution in [1.82, 2.24) is 10.9 Å². The van der Waals surface area contributed by atoms with Gasteiger partial charge in [-0.15, -0.1) is 0 Å². The molecule has 0 spiro atoms. The molecule has 0 aliphatic carbocycles. The highest BCUT2D eigenvalue weighted by Gasteiger charge is 2.18. The fourth-order valence-corrected chi connectivity index (χ4v) is 2.95. The van der Waals surface area contributed by atoms with E-state index in [0.717, 1.165) is 5.39 Å². The lowest BCUT2D eigenvalue weighted by atomic mass is 10.0. The molecule has 0 fully saturated rings. The number of hydrogen-bond acceptors (Lipinski definition) is 4. The summed E-state index contributed by atoms with van der Waals surface area (Å²) < 4.78 is 5.62. The highest BCUT2D eigenvalue weighted by atomic mass is 35.5. The van der Waals surface area contributed by atoms with Crippen molar-refractivity contribution < 1.29 is 14.6 Å². The number of benzene rings is 3. The lowest BCUT2D eigenvalue weighted by Gasteiger charge is -2.15. The standard InChI is InChI=1S/C20H18ClN3O3S/c1-2-27-17-11-16(18(25)15-6-4-3-5-14(15)17)19(26)23-24-20(28)22-13-9-7-12(21)8-10-13/h3-11,25H,2H2,1H3,(H,23,26)(H2,22,24,28). The van der Waals surface area contributed by atoms with Crippen LogP contribution in [0.2, 0.25) is 5.02 Å². The lowest BCUT2D eigenvalue weighted by Crippen LogP contribution is -2.43. The van der Waals surface area contributed by atoms with E-state index in [2.05, 4.69) is 16.2 Å². The highest BCUT2D eigenvalue weighted by Crippen LogP contribution is 2.35. The van der Waals surface area contributed by atoms with E-state index in [4.69, 9.17) is 28.6 Å². The number of fused-ring (bicyclic) bond motifs is 1. The zero-order chi connectivity index (χ0) is 20.1. The van der Waals surface area contributed by atoms with E-state index >= 15 is 0 Å². The molecule has 144 valence electrons. The van der Waals surface area contributed by atoms with E-state index in [-0.39, 0.29) is 16.4 Å². The number of amides is 1. The molecule has 4 N–H and O–H groups in total. The van der Waals surface area contributed by atoms with Gasteiger partial charge in [0, 0.05) is 21.5 Å². The van der Waals surface area contributed by atoms with Crippen LogP contribution in [-0.4, -0.2) is 22.7 Å². The van der Waals surface area contributed by atoms with Gasteiger partial charge in [-0.05, 0) is 49.5 Å². The van der Waals surface area contributed by atoms with Gasteiger partial charge in [0.25, 0.3) is 5.91 Å². The zero-order valence-electron chi connectivity index (χ0n) is 15.0. The van der Waals surface area contributed by atoms with Crippen LogP contribution in [0.15, 0.2) is 54.6 Å². The van der Waals surface area contributed by atoms with E-state index in [0.29, 0.717) is 28.5 Å². The maximum absolute atomic E-state index is 12.6. The molecule has 0 saturated heterocycles. The molecule has 0 aliphatic rings. The molecule has 3 aromatic carbocycles. The summed E-state index contributed by atoms with van der Waals surface area (Å²) in [5.74, 6) is -0.165. The number of nitrogens with one attached hydrogen (secondary N) is 3. The maximum Gasteiger partial charge on any atom is 0.273 e. The van der Waals surface area contributed by atoms with Crippen molar-refractivity contribution in [3.8, 4) is 11.5 Å². The Hall–Kier alpha value is -3.03. The van der Waals surface area contributed by atoms with Gasteiger partial charge in [-0.3, -0.25) is 15.6 Å². The number of carbonyl (C=O) groups excluding carboxylic acids is 1. The third-order valence-corrected chi connectivity index (χ3v) is 4.37. The van der Waals surface area contributed by atoms with Crippen molar-refractivity contribution in [3.05, 3.63) is 65.2 Å². The average Bonchev–Trinajstić information content (AvgIpc) is 2.70. The largest absolute Gasteiger partial charge is 0.506 e. The number of anilines is 1. The monoisotopic (exact) mass is 415 g/mol. The maximum atomic E-state index is 12.6. The molecule has 8 heteroatoms. The van der Waals surface area contributed by atoms with E-state index in [1.807, 2.05) is 19.1 Å². The number of rotatable bonds is 4. The van der Waals surface area contributed by atoms with Crippen LogP contribution in [0, 0.1) is 0 Å². The molecule has 0 unspecified atom stereocenters. The predicted octanol–water partition coefficient (Wildman–Crippen LogP) is 4.23. The van der Waals surface area contributed by atoms with Gasteiger partial charge < -0.3 is 15.2 Å². The van der Waals surface area contributed by atoms with Crippen molar-refractivity contribution in [2.75, 3.05) is 11.9 Å². The van der Waals surface area contributed by atoms with Crippen molar-refractivity contribution in [3.63, 3.8) is 0 Å². The summed E-state index contributed by atoms with van der Waals surface area (Å²) in [5, 5.41) is 15.5. The Labute approximate surface area is 172 Å². The molecule has 6 nitrogen and oxygen atoms in total. The first-order chi connectivity index (χ1) is 13.5. The number of carbonyl (C=O) groups is 1. The molecule has 0 aromatic heterocycles. The fraction of sp³-hybridized carbons (Fsp3) is 0.100. The molecule has 0 bridgehead atoms. The molecule has 0 saturated carbocycles. The molecule has 0 atom stereocenters. The molecular weight excluding hydrogens is 398 g/mol. The summed E-state index contributed by atoms with van der Waals surface area (Å²) in [4.78, 5) is 12.6. The third-order valence-electron chi connectivity index (χ3n) is 3.91. The third kappa shape index (κ3) is 4.44. The SMILES string of the molecule is CCOc1cc(C(=O)NNC(=S)Nc2ccc(Cl)cc2)c(O)c2ccccc12. The Morgan fingerprint density at radius 2 is 1.79 bits per heavy atom. The van der Waals surface area contributed by atoms with Gasteiger partial charge in [0.2, 0.25) is 0 Å². The molecule has 0 heterocycles. The Morgan fingerprint density at radius 1 is 1.11 bits per heavy atom. The van der Waals surface area contributed by atoms with Crippen LogP contribution in [0.3, 0.4) is 0 Å². The average molecular weight is 416 g/mol. The van der Waals surface area contributed by atoms with Gasteiger partial charge in [-0.1, -0.05) is 35.9 Å². The Morgan fingerprint density at radius 3 is 2.46 bits per heavy atom. The lowest BCUT2D eigenvalue weighted by molar-refractivity contribution is 0.0941. The van der Waals surface area contributed by atoms with Crippen LogP contribution in [0.5, 0.6) is 11.5 Å². The second kappa shape index (κ2) is 8.77. The van der Waals surface area contributed by atoms with Gasteiger partial charge in [0.15, 0.2) is 5.11 Å². The van der Waals surface area contributed by atoms with Crippen LogP contribution >= 0.6 is 23.8 Å². The number of phenols is 1. The summed E-state index contributed by atoms with van der Waals surface area (Å²) in [7, 11) is 0. The molecule has 3 rings (SSSR count). The van der Waals surface area contributed by atoms with Crippen molar-refractivity contribution >= 4 is 51.3 Å². The number of ether oxygens (including phenoxy) is 1. The van der Waals surface area contributed by atoms with Gasteiger partial charge >= 0.3 is 0 Å². The number of thiocarbonyl (C=S) groups is 1. The minimum absolute atomic E-state index is 0.0731. The van der Waals surface area contributed by atoms with Gasteiger partial charge in [0.1, 0.15) is 11.5 Å². The number of hydrogen-bond donors (Lipinski definition) is 4. The first kappa shape index (κ1) is 19.7. The van der Waals surface area contributed by atoms with E-state index in [1.54, 1.807) is 36.4 Å². The second-order valence-corrected chi connectivity index (χ2v) is 6.63. The van der Waals surface area contributed by atoms with E-state index < -0.39 is 5.91 Å². The fourth-order valence-electron chi connectivity index (χ4n) is 2.65. The van der Waals surface area contributed by atoms with E-state index in [9.17, 15) is 9.90 Å². The summed E-state index contributed by atoms with van der Waals surface area (Å²) in [5.41, 5.74) is 5.86. The first-order valence-corrected chi connectivity index (χ1v) is 9.28. The molecule has 0 aliphatic heterocycles. The summed E-state index contributed by atoms with van der Waals surface area (Å²) in [6, 6.07) is 15.6. The van der Waals surface area contributed by atoms with Crippen molar-refractivity contribution in [1.29, 1.82) is 0 Å². The summed E-state index contributed by atoms with van der Waals surface area (Å²) in [6.07, 6.45) is 0. The second-order valence-electron chi connectivity index (χ2n) is 5.79.